The first kappa shape index (κ1) is 18.9. The average Bonchev–Trinajstić information content (AvgIpc) is 3.02. The lowest BCUT2D eigenvalue weighted by Gasteiger charge is -2.16. The van der Waals surface area contributed by atoms with Crippen molar-refractivity contribution in [2.24, 2.45) is 0 Å². The van der Waals surface area contributed by atoms with E-state index in [-0.39, 0.29) is 23.4 Å². The minimum atomic E-state index is -4.77. The molecule has 0 aliphatic heterocycles. The molecule has 2 rings (SSSR count). The second-order valence-corrected chi connectivity index (χ2v) is 5.31. The molecule has 9 heteroatoms. The van der Waals surface area contributed by atoms with Crippen molar-refractivity contribution in [1.29, 1.82) is 0 Å². The van der Waals surface area contributed by atoms with Crippen LogP contribution in [0.2, 0.25) is 0 Å². The van der Waals surface area contributed by atoms with Crippen molar-refractivity contribution >= 4 is 5.97 Å². The fraction of sp³-hybridized carbons (Fsp3) is 0.375. The molecule has 0 fully saturated rings. The summed E-state index contributed by atoms with van der Waals surface area (Å²) in [4.78, 5) is 11.9. The molecule has 0 bridgehead atoms. The number of ether oxygens (including phenoxy) is 1. The molecule has 0 saturated carbocycles. The molecule has 0 aliphatic carbocycles. The Morgan fingerprint density at radius 3 is 2.44 bits per heavy atom. The van der Waals surface area contributed by atoms with E-state index in [4.69, 9.17) is 4.74 Å². The lowest BCUT2D eigenvalue weighted by atomic mass is 9.92. The van der Waals surface area contributed by atoms with E-state index in [1.54, 1.807) is 6.92 Å². The minimum Gasteiger partial charge on any atom is -0.462 e. The molecule has 1 aromatic heterocycles. The third kappa shape index (κ3) is 4.15. The maximum Gasteiger partial charge on any atom is 0.416 e. The topological polar surface area (TPSA) is 55.0 Å². The van der Waals surface area contributed by atoms with Gasteiger partial charge >= 0.3 is 12.1 Å². The Labute approximate surface area is 140 Å². The fourth-order valence-electron chi connectivity index (χ4n) is 2.38. The second-order valence-electron chi connectivity index (χ2n) is 5.31. The van der Waals surface area contributed by atoms with Crippen LogP contribution < -0.4 is 0 Å². The van der Waals surface area contributed by atoms with Crippen LogP contribution in [0.15, 0.2) is 24.4 Å². The van der Waals surface area contributed by atoms with Crippen molar-refractivity contribution in [2.75, 3.05) is 6.61 Å². The van der Waals surface area contributed by atoms with E-state index >= 15 is 0 Å². The lowest BCUT2D eigenvalue weighted by Crippen LogP contribution is -2.11. The molecule has 0 spiro atoms. The number of alkyl halides is 5. The lowest BCUT2D eigenvalue weighted by molar-refractivity contribution is -0.137. The van der Waals surface area contributed by atoms with Gasteiger partial charge in [0.25, 0.3) is 6.43 Å². The number of nitrogens with zero attached hydrogens (tertiary/aromatic N) is 1. The highest BCUT2D eigenvalue weighted by molar-refractivity contribution is 5.90. The number of hydrogen-bond acceptors (Lipinski definition) is 3. The van der Waals surface area contributed by atoms with Crippen LogP contribution in [0.5, 0.6) is 0 Å². The summed E-state index contributed by atoms with van der Waals surface area (Å²) >= 11 is 0. The van der Waals surface area contributed by atoms with Crippen LogP contribution in [0, 0.1) is 0 Å². The summed E-state index contributed by atoms with van der Waals surface area (Å²) in [5, 5.41) is 6.32. The summed E-state index contributed by atoms with van der Waals surface area (Å²) in [6, 6.07) is 2.17. The van der Waals surface area contributed by atoms with E-state index < -0.39 is 35.6 Å². The van der Waals surface area contributed by atoms with Crippen molar-refractivity contribution < 1.29 is 31.5 Å². The zero-order chi connectivity index (χ0) is 18.8. The van der Waals surface area contributed by atoms with E-state index in [0.717, 1.165) is 12.1 Å². The summed E-state index contributed by atoms with van der Waals surface area (Å²) in [6.07, 6.45) is -6.57. The molecule has 0 radical (unpaired) electrons. The number of carbonyl (C=O) groups is 1. The van der Waals surface area contributed by atoms with Gasteiger partial charge in [0.05, 0.1) is 17.9 Å². The standard InChI is InChI=1S/C16H15F5N2O2/c1-3-25-15(24)12-7-22-23-13(12)8(2)9-4-10(14(17)18)6-11(5-9)16(19,20)21/h4-8,14H,3H2,1-2H3,(H,22,23). The monoisotopic (exact) mass is 362 g/mol. The normalized spacial score (nSPS) is 13.1. The molecule has 0 saturated heterocycles. The molecule has 1 N–H and O–H groups in total. The van der Waals surface area contributed by atoms with Crippen LogP contribution in [0.25, 0.3) is 0 Å². The molecule has 136 valence electrons. The SMILES string of the molecule is CCOC(=O)c1c[nH]nc1C(C)c1cc(C(F)F)cc(C(F)(F)F)c1. The van der Waals surface area contributed by atoms with Crippen molar-refractivity contribution in [3.63, 3.8) is 0 Å². The third-order valence-electron chi connectivity index (χ3n) is 3.63. The Morgan fingerprint density at radius 2 is 1.88 bits per heavy atom. The molecular formula is C16H15F5N2O2. The van der Waals surface area contributed by atoms with Gasteiger partial charge in [-0.1, -0.05) is 6.92 Å². The summed E-state index contributed by atoms with van der Waals surface area (Å²) in [5.74, 6) is -1.52. The van der Waals surface area contributed by atoms with Crippen LogP contribution in [-0.4, -0.2) is 22.8 Å². The molecule has 25 heavy (non-hydrogen) atoms. The molecule has 1 unspecified atom stereocenters. The van der Waals surface area contributed by atoms with E-state index in [1.807, 2.05) is 0 Å². The summed E-state index contributed by atoms with van der Waals surface area (Å²) in [5.41, 5.74) is -1.78. The number of benzene rings is 1. The van der Waals surface area contributed by atoms with Gasteiger partial charge in [-0.15, -0.1) is 0 Å². The van der Waals surface area contributed by atoms with Crippen LogP contribution >= 0.6 is 0 Å². The molecule has 1 atom stereocenters. The number of carbonyl (C=O) groups excluding carboxylic acids is 1. The number of hydrogen-bond donors (Lipinski definition) is 1. The largest absolute Gasteiger partial charge is 0.462 e. The van der Waals surface area contributed by atoms with Gasteiger partial charge < -0.3 is 4.74 Å². The highest BCUT2D eigenvalue weighted by Crippen LogP contribution is 2.36. The Kier molecular flexibility index (Phi) is 5.44. The van der Waals surface area contributed by atoms with E-state index in [2.05, 4.69) is 10.2 Å². The van der Waals surface area contributed by atoms with Gasteiger partial charge in [-0.05, 0) is 30.7 Å². The van der Waals surface area contributed by atoms with Crippen LogP contribution in [0.3, 0.4) is 0 Å². The van der Waals surface area contributed by atoms with Crippen molar-refractivity contribution in [1.82, 2.24) is 10.2 Å². The van der Waals surface area contributed by atoms with E-state index in [9.17, 15) is 26.7 Å². The highest BCUT2D eigenvalue weighted by Gasteiger charge is 2.33. The number of aromatic amines is 1. The van der Waals surface area contributed by atoms with Crippen LogP contribution in [-0.2, 0) is 10.9 Å². The first-order valence-electron chi connectivity index (χ1n) is 7.36. The summed E-state index contributed by atoms with van der Waals surface area (Å²) in [7, 11) is 0. The van der Waals surface area contributed by atoms with Crippen molar-refractivity contribution in [3.8, 4) is 0 Å². The van der Waals surface area contributed by atoms with Crippen LogP contribution in [0.4, 0.5) is 22.0 Å². The maximum absolute atomic E-state index is 13.0. The molecule has 0 aliphatic rings. The van der Waals surface area contributed by atoms with Crippen molar-refractivity contribution in [2.45, 2.75) is 32.4 Å². The van der Waals surface area contributed by atoms with Gasteiger partial charge in [0.1, 0.15) is 5.56 Å². The molecule has 4 nitrogen and oxygen atoms in total. The quantitative estimate of drug-likeness (QED) is 0.620. The number of H-pyrrole nitrogens is 1. The Morgan fingerprint density at radius 1 is 1.24 bits per heavy atom. The number of nitrogens with one attached hydrogen (secondary N) is 1. The van der Waals surface area contributed by atoms with Gasteiger partial charge in [-0.2, -0.15) is 18.3 Å². The van der Waals surface area contributed by atoms with Gasteiger partial charge in [-0.25, -0.2) is 13.6 Å². The summed E-state index contributed by atoms with van der Waals surface area (Å²) < 4.78 is 69.7. The maximum atomic E-state index is 13.0. The summed E-state index contributed by atoms with van der Waals surface area (Å²) in [6.45, 7) is 3.18. The number of rotatable bonds is 5. The third-order valence-corrected chi connectivity index (χ3v) is 3.63. The first-order chi connectivity index (χ1) is 11.6. The molecule has 2 aromatic rings. The molecule has 0 amide bonds. The van der Waals surface area contributed by atoms with Crippen molar-refractivity contribution in [3.05, 3.63) is 52.3 Å². The molecular weight excluding hydrogens is 347 g/mol. The highest BCUT2D eigenvalue weighted by atomic mass is 19.4. The van der Waals surface area contributed by atoms with E-state index in [1.165, 1.54) is 13.1 Å². The van der Waals surface area contributed by atoms with Crippen LogP contribution in [0.1, 0.15) is 58.9 Å². The first-order valence-corrected chi connectivity index (χ1v) is 7.36. The van der Waals surface area contributed by atoms with Gasteiger partial charge in [0.15, 0.2) is 0 Å². The predicted octanol–water partition coefficient (Wildman–Crippen LogP) is 4.69. The number of halogens is 5. The van der Waals surface area contributed by atoms with E-state index in [0.29, 0.717) is 6.07 Å². The predicted molar refractivity (Wildman–Crippen MR) is 78.5 cm³/mol. The molecule has 1 aromatic carbocycles. The number of esters is 1. The molecule has 1 heterocycles. The Balaban J connectivity index is 2.49. The zero-order valence-electron chi connectivity index (χ0n) is 13.3. The zero-order valence-corrected chi connectivity index (χ0v) is 13.3. The van der Waals surface area contributed by atoms with Gasteiger partial charge in [0, 0.05) is 17.7 Å². The van der Waals surface area contributed by atoms with Gasteiger partial charge in [0.2, 0.25) is 0 Å². The number of aromatic nitrogens is 2. The Hall–Kier alpha value is -2.45. The second kappa shape index (κ2) is 7.20. The fourth-order valence-corrected chi connectivity index (χ4v) is 2.38. The Bertz CT molecular complexity index is 755. The minimum absolute atomic E-state index is 0.0252. The van der Waals surface area contributed by atoms with Gasteiger partial charge in [-0.3, -0.25) is 5.10 Å². The smallest absolute Gasteiger partial charge is 0.416 e. The average molecular weight is 362 g/mol.